The summed E-state index contributed by atoms with van der Waals surface area (Å²) in [4.78, 5) is 23.6. The molecule has 0 aromatic heterocycles. The third-order valence-electron chi connectivity index (χ3n) is 0.362. The van der Waals surface area contributed by atoms with Crippen LogP contribution in [0.25, 0.3) is 0 Å². The molecule has 0 heterocycles. The van der Waals surface area contributed by atoms with Crippen molar-refractivity contribution in [1.82, 2.24) is 5.48 Å². The molecule has 0 aliphatic rings. The van der Waals surface area contributed by atoms with Crippen LogP contribution in [-0.4, -0.2) is 12.0 Å². The van der Waals surface area contributed by atoms with Crippen molar-refractivity contribution in [3.8, 4) is 12.3 Å². The number of hydrogen-bond acceptors (Lipinski definition) is 3. The lowest BCUT2D eigenvalue weighted by Gasteiger charge is -1.94. The van der Waals surface area contributed by atoms with Gasteiger partial charge in [0.2, 0.25) is 0 Å². The van der Waals surface area contributed by atoms with E-state index in [-0.39, 0.29) is 0 Å². The Bertz CT molecular complexity index is 169. The maximum absolute atomic E-state index is 9.99. The average molecular weight is 128 g/mol. The van der Waals surface area contributed by atoms with Gasteiger partial charge in [-0.2, -0.15) is 5.48 Å². The number of hydrogen-bond donors (Lipinski definition) is 2. The van der Waals surface area contributed by atoms with Crippen molar-refractivity contribution in [3.63, 3.8) is 0 Å². The largest absolute Gasteiger partial charge is 0.408 e. The standard InChI is InChI=1S/C4H4N2O3/c1-2-3(7)9-6-4(5)8/h1H,(H3,5,6,8). The molecule has 0 rings (SSSR count). The smallest absolute Gasteiger partial charge is 0.349 e. The third-order valence-corrected chi connectivity index (χ3v) is 0.362. The summed E-state index contributed by atoms with van der Waals surface area (Å²) in [5.41, 5.74) is 6.04. The maximum Gasteiger partial charge on any atom is 0.408 e. The van der Waals surface area contributed by atoms with Gasteiger partial charge in [-0.05, 0) is 0 Å². The van der Waals surface area contributed by atoms with Gasteiger partial charge in [0.15, 0.2) is 0 Å². The van der Waals surface area contributed by atoms with Gasteiger partial charge in [0, 0.05) is 5.92 Å². The second-order valence-electron chi connectivity index (χ2n) is 1.00. The van der Waals surface area contributed by atoms with Crippen molar-refractivity contribution in [2.75, 3.05) is 0 Å². The molecular formula is C4H4N2O3. The minimum absolute atomic E-state index is 0.974. The minimum Gasteiger partial charge on any atom is -0.349 e. The van der Waals surface area contributed by atoms with Crippen molar-refractivity contribution < 1.29 is 14.4 Å². The molecule has 0 saturated heterocycles. The van der Waals surface area contributed by atoms with E-state index in [4.69, 9.17) is 0 Å². The summed E-state index contributed by atoms with van der Waals surface area (Å²) < 4.78 is 0. The highest BCUT2D eigenvalue weighted by atomic mass is 16.7. The molecule has 0 saturated carbocycles. The zero-order valence-electron chi connectivity index (χ0n) is 4.38. The van der Waals surface area contributed by atoms with Crippen LogP contribution in [0.4, 0.5) is 4.79 Å². The number of carbonyl (C=O) groups excluding carboxylic acids is 2. The lowest BCUT2D eigenvalue weighted by Crippen LogP contribution is -2.31. The van der Waals surface area contributed by atoms with E-state index >= 15 is 0 Å². The van der Waals surface area contributed by atoms with Crippen LogP contribution >= 0.6 is 0 Å². The Kier molecular flexibility index (Phi) is 2.69. The fourth-order valence-electron chi connectivity index (χ4n) is 0.126. The van der Waals surface area contributed by atoms with E-state index in [1.165, 1.54) is 0 Å². The summed E-state index contributed by atoms with van der Waals surface area (Å²) in [5.74, 6) is 0.597. The maximum atomic E-state index is 9.99. The molecule has 0 fully saturated rings. The van der Waals surface area contributed by atoms with Crippen molar-refractivity contribution in [2.45, 2.75) is 0 Å². The molecule has 0 aliphatic heterocycles. The predicted molar refractivity (Wildman–Crippen MR) is 27.6 cm³/mol. The first kappa shape index (κ1) is 7.30. The van der Waals surface area contributed by atoms with E-state index in [0.717, 1.165) is 0 Å². The van der Waals surface area contributed by atoms with E-state index in [1.807, 2.05) is 0 Å². The molecule has 9 heavy (non-hydrogen) atoms. The number of amides is 2. The number of nitrogens with one attached hydrogen (secondary N) is 1. The SMILES string of the molecule is C#CC(=O)ONC(N)=O. The van der Waals surface area contributed by atoms with Crippen LogP contribution in [0.3, 0.4) is 0 Å². The quantitative estimate of drug-likeness (QED) is 0.316. The Morgan fingerprint density at radius 3 is 2.56 bits per heavy atom. The van der Waals surface area contributed by atoms with Crippen LogP contribution in [-0.2, 0) is 9.63 Å². The Morgan fingerprint density at radius 2 is 2.22 bits per heavy atom. The molecule has 2 amide bonds. The Balaban J connectivity index is 3.43. The zero-order chi connectivity index (χ0) is 7.28. The molecule has 0 aliphatic carbocycles. The van der Waals surface area contributed by atoms with Gasteiger partial charge < -0.3 is 10.6 Å². The number of terminal acetylenes is 1. The van der Waals surface area contributed by atoms with Crippen molar-refractivity contribution in [1.29, 1.82) is 0 Å². The zero-order valence-corrected chi connectivity index (χ0v) is 4.38. The van der Waals surface area contributed by atoms with Crippen LogP contribution in [0.1, 0.15) is 0 Å². The van der Waals surface area contributed by atoms with Crippen LogP contribution < -0.4 is 11.2 Å². The van der Waals surface area contributed by atoms with Crippen LogP contribution in [0, 0.1) is 12.3 Å². The Hall–Kier alpha value is -1.70. The molecule has 0 spiro atoms. The molecule has 48 valence electrons. The van der Waals surface area contributed by atoms with Gasteiger partial charge in [-0.25, -0.2) is 9.59 Å². The monoisotopic (exact) mass is 128 g/mol. The predicted octanol–water partition coefficient (Wildman–Crippen LogP) is -1.25. The molecule has 0 unspecified atom stereocenters. The normalized spacial score (nSPS) is 7.00. The highest BCUT2D eigenvalue weighted by Gasteiger charge is 1.96. The molecule has 0 aromatic carbocycles. The van der Waals surface area contributed by atoms with E-state index in [1.54, 1.807) is 11.4 Å². The molecule has 0 bridgehead atoms. The summed E-state index contributed by atoms with van der Waals surface area (Å²) in [6, 6.07) is -0.974. The van der Waals surface area contributed by atoms with E-state index in [2.05, 4.69) is 17.0 Å². The molecule has 3 N–H and O–H groups in total. The second-order valence-corrected chi connectivity index (χ2v) is 1.00. The molecular weight excluding hydrogens is 124 g/mol. The number of urea groups is 1. The van der Waals surface area contributed by atoms with Crippen LogP contribution in [0.5, 0.6) is 0 Å². The average Bonchev–Trinajstić information content (AvgIpc) is 1.83. The molecule has 0 atom stereocenters. The Morgan fingerprint density at radius 1 is 1.67 bits per heavy atom. The van der Waals surface area contributed by atoms with Gasteiger partial charge in [-0.15, -0.1) is 6.42 Å². The highest BCUT2D eigenvalue weighted by Crippen LogP contribution is 1.66. The first-order valence-corrected chi connectivity index (χ1v) is 1.89. The fourth-order valence-corrected chi connectivity index (χ4v) is 0.126. The molecule has 0 radical (unpaired) electrons. The first-order valence-electron chi connectivity index (χ1n) is 1.89. The summed E-state index contributed by atoms with van der Waals surface area (Å²) in [7, 11) is 0. The number of carbonyl (C=O) groups is 2. The second kappa shape index (κ2) is 3.32. The molecule has 0 aromatic rings. The number of nitrogens with two attached hydrogens (primary N) is 1. The van der Waals surface area contributed by atoms with Crippen molar-refractivity contribution >= 4 is 12.0 Å². The van der Waals surface area contributed by atoms with Gasteiger partial charge in [0.1, 0.15) is 0 Å². The lowest BCUT2D eigenvalue weighted by molar-refractivity contribution is -0.141. The summed E-state index contributed by atoms with van der Waals surface area (Å²) in [5, 5.41) is 0. The highest BCUT2D eigenvalue weighted by molar-refractivity contribution is 5.88. The van der Waals surface area contributed by atoms with Crippen molar-refractivity contribution in [2.24, 2.45) is 5.73 Å². The summed E-state index contributed by atoms with van der Waals surface area (Å²) in [6.07, 6.45) is 4.54. The van der Waals surface area contributed by atoms with E-state index < -0.39 is 12.0 Å². The molecule has 5 nitrogen and oxygen atoms in total. The van der Waals surface area contributed by atoms with Crippen LogP contribution in [0.2, 0.25) is 0 Å². The Labute approximate surface area is 51.1 Å². The lowest BCUT2D eigenvalue weighted by atomic mass is 10.7. The van der Waals surface area contributed by atoms with Crippen molar-refractivity contribution in [3.05, 3.63) is 0 Å². The van der Waals surface area contributed by atoms with E-state index in [0.29, 0.717) is 0 Å². The summed E-state index contributed by atoms with van der Waals surface area (Å²) in [6.45, 7) is 0. The number of hydroxylamine groups is 1. The first-order chi connectivity index (χ1) is 4.16. The van der Waals surface area contributed by atoms with Gasteiger partial charge in [0.25, 0.3) is 0 Å². The summed E-state index contributed by atoms with van der Waals surface area (Å²) >= 11 is 0. The fraction of sp³-hybridized carbons (Fsp3) is 0. The number of primary amides is 1. The van der Waals surface area contributed by atoms with Crippen LogP contribution in [0.15, 0.2) is 0 Å². The third kappa shape index (κ3) is 4.15. The molecule has 5 heteroatoms. The van der Waals surface area contributed by atoms with Gasteiger partial charge in [-0.3, -0.25) is 0 Å². The van der Waals surface area contributed by atoms with Gasteiger partial charge >= 0.3 is 12.0 Å². The topological polar surface area (TPSA) is 81.4 Å². The van der Waals surface area contributed by atoms with E-state index in [9.17, 15) is 9.59 Å². The minimum atomic E-state index is -0.992. The van der Waals surface area contributed by atoms with Gasteiger partial charge in [-0.1, -0.05) is 0 Å². The number of rotatable bonds is 0. The van der Waals surface area contributed by atoms with Gasteiger partial charge in [0.05, 0.1) is 0 Å².